The average molecular weight is 306 g/mol. The number of amides is 1. The van der Waals surface area contributed by atoms with Crippen LogP contribution in [0.2, 0.25) is 0 Å². The zero-order valence-corrected chi connectivity index (χ0v) is 13.7. The molecule has 2 heterocycles. The van der Waals surface area contributed by atoms with Gasteiger partial charge in [0.05, 0.1) is 12.0 Å². The smallest absolute Gasteiger partial charge is 0.239 e. The number of carbonyl (C=O) groups excluding carboxylic acids is 1. The van der Waals surface area contributed by atoms with E-state index in [2.05, 4.69) is 43.4 Å². The second-order valence-electron chi connectivity index (χ2n) is 7.10. The molecule has 1 atom stereocenters. The van der Waals surface area contributed by atoms with Crippen molar-refractivity contribution in [2.24, 2.45) is 0 Å². The number of anilines is 1. The number of hydrogen-bond donors (Lipinski definition) is 1. The van der Waals surface area contributed by atoms with Crippen molar-refractivity contribution in [1.82, 2.24) is 5.32 Å². The van der Waals surface area contributed by atoms with Gasteiger partial charge in [0.1, 0.15) is 0 Å². The first kappa shape index (κ1) is 14.5. The highest BCUT2D eigenvalue weighted by molar-refractivity contribution is 6.09. The van der Waals surface area contributed by atoms with Crippen LogP contribution in [0.5, 0.6) is 0 Å². The summed E-state index contributed by atoms with van der Waals surface area (Å²) in [5.41, 5.74) is 2.73. The number of hydrogen-bond acceptors (Lipinski definition) is 2. The highest BCUT2D eigenvalue weighted by Gasteiger charge is 2.61. The Kier molecular flexibility index (Phi) is 3.10. The summed E-state index contributed by atoms with van der Waals surface area (Å²) >= 11 is 0. The molecule has 3 nitrogen and oxygen atoms in total. The maximum atomic E-state index is 13.5. The number of nitrogens with zero attached hydrogens (tertiary/aromatic N) is 1. The third-order valence-corrected chi connectivity index (χ3v) is 5.58. The van der Waals surface area contributed by atoms with E-state index in [0.29, 0.717) is 6.54 Å². The van der Waals surface area contributed by atoms with E-state index in [9.17, 15) is 4.79 Å². The average Bonchev–Trinajstić information content (AvgIpc) is 3.00. The Balaban J connectivity index is 1.83. The molecule has 1 fully saturated rings. The molecule has 2 aliphatic rings. The van der Waals surface area contributed by atoms with Crippen LogP contribution in [0.4, 0.5) is 5.69 Å². The lowest BCUT2D eigenvalue weighted by atomic mass is 9.68. The molecule has 1 amide bonds. The van der Waals surface area contributed by atoms with E-state index in [0.717, 1.165) is 24.2 Å². The predicted octanol–water partition coefficient (Wildman–Crippen LogP) is 3.24. The first-order valence-electron chi connectivity index (χ1n) is 8.27. The molecule has 0 bridgehead atoms. The molecule has 0 unspecified atom stereocenters. The van der Waals surface area contributed by atoms with Crippen molar-refractivity contribution in [1.29, 1.82) is 0 Å². The van der Waals surface area contributed by atoms with E-state index in [1.165, 1.54) is 5.56 Å². The Morgan fingerprint density at radius 1 is 1.04 bits per heavy atom. The van der Waals surface area contributed by atoms with Gasteiger partial charge in [0, 0.05) is 11.2 Å². The highest BCUT2D eigenvalue weighted by Crippen LogP contribution is 2.52. The van der Waals surface area contributed by atoms with Gasteiger partial charge in [0.2, 0.25) is 5.91 Å². The molecule has 2 aliphatic heterocycles. The van der Waals surface area contributed by atoms with Crippen LogP contribution in [0.1, 0.15) is 31.4 Å². The normalized spacial score (nSPS) is 25.1. The van der Waals surface area contributed by atoms with Crippen molar-refractivity contribution >= 4 is 11.6 Å². The van der Waals surface area contributed by atoms with E-state index in [-0.39, 0.29) is 11.4 Å². The van der Waals surface area contributed by atoms with Crippen LogP contribution in [0.25, 0.3) is 0 Å². The lowest BCUT2D eigenvalue weighted by molar-refractivity contribution is -0.124. The molecular formula is C20H22N2O. The van der Waals surface area contributed by atoms with Gasteiger partial charge in [-0.15, -0.1) is 0 Å². The number of benzene rings is 2. The van der Waals surface area contributed by atoms with Crippen molar-refractivity contribution in [3.05, 3.63) is 65.7 Å². The van der Waals surface area contributed by atoms with Crippen LogP contribution in [-0.2, 0) is 16.8 Å². The molecule has 1 spiro atoms. The highest BCUT2D eigenvalue weighted by atomic mass is 16.2. The van der Waals surface area contributed by atoms with Gasteiger partial charge in [-0.05, 0) is 44.0 Å². The largest absolute Gasteiger partial charge is 0.310 e. The van der Waals surface area contributed by atoms with Gasteiger partial charge < -0.3 is 10.2 Å². The maximum absolute atomic E-state index is 13.5. The topological polar surface area (TPSA) is 32.3 Å². The lowest BCUT2D eigenvalue weighted by Gasteiger charge is -2.37. The molecule has 118 valence electrons. The Bertz CT molecular complexity index is 753. The molecule has 0 aromatic heterocycles. The van der Waals surface area contributed by atoms with Gasteiger partial charge >= 0.3 is 0 Å². The second kappa shape index (κ2) is 4.93. The lowest BCUT2D eigenvalue weighted by Crippen LogP contribution is -2.55. The summed E-state index contributed by atoms with van der Waals surface area (Å²) in [6.45, 7) is 5.82. The van der Waals surface area contributed by atoms with Gasteiger partial charge in [-0.25, -0.2) is 0 Å². The zero-order chi connectivity index (χ0) is 16.1. The third-order valence-electron chi connectivity index (χ3n) is 5.58. The summed E-state index contributed by atoms with van der Waals surface area (Å²) in [5, 5.41) is 3.54. The molecule has 1 saturated heterocycles. The summed E-state index contributed by atoms with van der Waals surface area (Å²) in [7, 11) is 0. The van der Waals surface area contributed by atoms with Gasteiger partial charge in [-0.1, -0.05) is 48.5 Å². The zero-order valence-electron chi connectivity index (χ0n) is 13.7. The molecule has 1 N–H and O–H groups in total. The van der Waals surface area contributed by atoms with E-state index < -0.39 is 5.41 Å². The van der Waals surface area contributed by atoms with Gasteiger partial charge in [-0.3, -0.25) is 4.79 Å². The van der Waals surface area contributed by atoms with Crippen LogP contribution >= 0.6 is 0 Å². The molecule has 0 aliphatic carbocycles. The number of carbonyl (C=O) groups is 1. The van der Waals surface area contributed by atoms with Gasteiger partial charge in [-0.2, -0.15) is 0 Å². The number of para-hydroxylation sites is 1. The van der Waals surface area contributed by atoms with E-state index >= 15 is 0 Å². The minimum absolute atomic E-state index is 0.231. The first-order chi connectivity index (χ1) is 11.1. The van der Waals surface area contributed by atoms with Crippen molar-refractivity contribution in [2.45, 2.75) is 37.8 Å². The van der Waals surface area contributed by atoms with E-state index in [1.54, 1.807) is 0 Å². The Morgan fingerprint density at radius 3 is 2.43 bits per heavy atom. The SMILES string of the molecule is CC1(C)NCC[C@]12C(=O)N(Cc1ccccc1)c1ccccc12. The van der Waals surface area contributed by atoms with Crippen molar-refractivity contribution in [2.75, 3.05) is 11.4 Å². The maximum Gasteiger partial charge on any atom is 0.239 e. The summed E-state index contributed by atoms with van der Waals surface area (Å²) in [6.07, 6.45) is 0.862. The molecule has 4 rings (SSSR count). The fraction of sp³-hybridized carbons (Fsp3) is 0.350. The van der Waals surface area contributed by atoms with Gasteiger partial charge in [0.25, 0.3) is 0 Å². The summed E-state index contributed by atoms with van der Waals surface area (Å²) in [6, 6.07) is 18.5. The number of nitrogens with one attached hydrogen (secondary N) is 1. The van der Waals surface area contributed by atoms with Crippen LogP contribution in [0, 0.1) is 0 Å². The Labute approximate surface area is 137 Å². The van der Waals surface area contributed by atoms with Gasteiger partial charge in [0.15, 0.2) is 0 Å². The fourth-order valence-electron chi connectivity index (χ4n) is 4.32. The fourth-order valence-corrected chi connectivity index (χ4v) is 4.32. The minimum Gasteiger partial charge on any atom is -0.310 e. The first-order valence-corrected chi connectivity index (χ1v) is 8.27. The summed E-state index contributed by atoms with van der Waals surface area (Å²) < 4.78 is 0. The monoisotopic (exact) mass is 306 g/mol. The quantitative estimate of drug-likeness (QED) is 0.924. The van der Waals surface area contributed by atoms with E-state index in [1.807, 2.05) is 35.2 Å². The Morgan fingerprint density at radius 2 is 1.74 bits per heavy atom. The molecule has 0 radical (unpaired) electrons. The molecule has 2 aromatic carbocycles. The Hall–Kier alpha value is -2.13. The van der Waals surface area contributed by atoms with Crippen LogP contribution in [-0.4, -0.2) is 18.0 Å². The van der Waals surface area contributed by atoms with Crippen molar-refractivity contribution in [3.8, 4) is 0 Å². The van der Waals surface area contributed by atoms with Crippen LogP contribution < -0.4 is 10.2 Å². The molecule has 0 saturated carbocycles. The number of fused-ring (bicyclic) bond motifs is 2. The van der Waals surface area contributed by atoms with E-state index in [4.69, 9.17) is 0 Å². The minimum atomic E-state index is -0.446. The predicted molar refractivity (Wildman–Crippen MR) is 92.5 cm³/mol. The molecule has 3 heteroatoms. The summed E-state index contributed by atoms with van der Waals surface area (Å²) in [4.78, 5) is 15.5. The van der Waals surface area contributed by atoms with Crippen molar-refractivity contribution in [3.63, 3.8) is 0 Å². The molecular weight excluding hydrogens is 284 g/mol. The third kappa shape index (κ3) is 1.89. The van der Waals surface area contributed by atoms with Crippen LogP contribution in [0.3, 0.4) is 0 Å². The molecule has 2 aromatic rings. The standard InChI is InChI=1S/C20H22N2O/c1-19(2)20(12-13-21-19)16-10-6-7-11-17(16)22(18(20)23)14-15-8-4-3-5-9-15/h3-11,21H,12-14H2,1-2H3/t20-/m0/s1. The molecule has 23 heavy (non-hydrogen) atoms. The summed E-state index contributed by atoms with van der Waals surface area (Å²) in [5.74, 6) is 0.234. The number of rotatable bonds is 2. The van der Waals surface area contributed by atoms with Crippen molar-refractivity contribution < 1.29 is 4.79 Å². The second-order valence-corrected chi connectivity index (χ2v) is 7.10. The van der Waals surface area contributed by atoms with Crippen LogP contribution in [0.15, 0.2) is 54.6 Å².